The first-order valence-corrected chi connectivity index (χ1v) is 7.92. The number of Topliss-reactive ketones (excluding diaryl/α,β-unsaturated/α-hetero) is 1. The lowest BCUT2D eigenvalue weighted by Crippen LogP contribution is -2.06. The van der Waals surface area contributed by atoms with Crippen molar-refractivity contribution in [2.75, 3.05) is 11.9 Å². The van der Waals surface area contributed by atoms with Gasteiger partial charge in [-0.25, -0.2) is 0 Å². The summed E-state index contributed by atoms with van der Waals surface area (Å²) < 4.78 is 5.53. The number of nitrogens with one attached hydrogen (secondary N) is 1. The lowest BCUT2D eigenvalue weighted by molar-refractivity contribution is 0.0993. The Hall–Kier alpha value is -2.26. The minimum Gasteiger partial charge on any atom is -0.494 e. The third-order valence-corrected chi connectivity index (χ3v) is 3.44. The van der Waals surface area contributed by atoms with Gasteiger partial charge >= 0.3 is 0 Å². The van der Waals surface area contributed by atoms with Crippen molar-refractivity contribution in [3.05, 3.63) is 71.4 Å². The summed E-state index contributed by atoms with van der Waals surface area (Å²) in [4.78, 5) is 12.2. The molecule has 2 aromatic rings. The number of hydrogen-bond acceptors (Lipinski definition) is 3. The fraction of sp³-hybridized carbons (Fsp3) is 0.211. The summed E-state index contributed by atoms with van der Waals surface area (Å²) in [5.74, 6) is 0.835. The molecule has 3 nitrogen and oxygen atoms in total. The van der Waals surface area contributed by atoms with Crippen LogP contribution in [0.4, 0.5) is 5.69 Å². The molecule has 0 aliphatic carbocycles. The van der Waals surface area contributed by atoms with Gasteiger partial charge in [0.25, 0.3) is 0 Å². The van der Waals surface area contributed by atoms with Crippen LogP contribution in [0.2, 0.25) is 5.02 Å². The molecule has 0 saturated heterocycles. The Labute approximate surface area is 141 Å². The van der Waals surface area contributed by atoms with Crippen LogP contribution in [-0.2, 0) is 0 Å². The second kappa shape index (κ2) is 8.39. The molecule has 0 fully saturated rings. The highest BCUT2D eigenvalue weighted by molar-refractivity contribution is 6.30. The Bertz CT molecular complexity index is 663. The average molecular weight is 330 g/mol. The van der Waals surface area contributed by atoms with E-state index in [1.807, 2.05) is 24.3 Å². The summed E-state index contributed by atoms with van der Waals surface area (Å²) in [6.07, 6.45) is 1.21. The Morgan fingerprint density at radius 3 is 2.39 bits per heavy atom. The SMILES string of the molecule is C=C(CC(=O)c1ccc(Cl)cc1)Nc1ccc(OCCC)cc1. The van der Waals surface area contributed by atoms with E-state index in [-0.39, 0.29) is 12.2 Å². The molecule has 0 bridgehead atoms. The number of ketones is 1. The molecular formula is C19H20ClNO2. The minimum atomic E-state index is 0.00191. The molecule has 120 valence electrons. The molecule has 0 spiro atoms. The zero-order chi connectivity index (χ0) is 16.7. The fourth-order valence-corrected chi connectivity index (χ4v) is 2.16. The highest BCUT2D eigenvalue weighted by Gasteiger charge is 2.08. The number of ether oxygens (including phenoxy) is 1. The quantitative estimate of drug-likeness (QED) is 0.665. The molecule has 23 heavy (non-hydrogen) atoms. The monoisotopic (exact) mass is 329 g/mol. The van der Waals surface area contributed by atoms with Gasteiger partial charge in [0.05, 0.1) is 13.0 Å². The molecule has 0 aliphatic rings. The van der Waals surface area contributed by atoms with Gasteiger partial charge in [-0.05, 0) is 55.0 Å². The normalized spacial score (nSPS) is 10.2. The van der Waals surface area contributed by atoms with Gasteiger partial charge in [-0.15, -0.1) is 0 Å². The van der Waals surface area contributed by atoms with Crippen LogP contribution in [0.25, 0.3) is 0 Å². The maximum Gasteiger partial charge on any atom is 0.168 e. The third kappa shape index (κ3) is 5.46. The molecule has 0 radical (unpaired) electrons. The van der Waals surface area contributed by atoms with Crippen molar-refractivity contribution >= 4 is 23.1 Å². The van der Waals surface area contributed by atoms with E-state index in [0.29, 0.717) is 22.9 Å². The van der Waals surface area contributed by atoms with E-state index >= 15 is 0 Å². The van der Waals surface area contributed by atoms with E-state index in [0.717, 1.165) is 17.9 Å². The maximum absolute atomic E-state index is 12.2. The van der Waals surface area contributed by atoms with Crippen molar-refractivity contribution in [3.8, 4) is 5.75 Å². The van der Waals surface area contributed by atoms with Crippen LogP contribution in [-0.4, -0.2) is 12.4 Å². The van der Waals surface area contributed by atoms with Gasteiger partial charge < -0.3 is 10.1 Å². The molecule has 0 aromatic heterocycles. The number of benzene rings is 2. The summed E-state index contributed by atoms with van der Waals surface area (Å²) in [5, 5.41) is 3.76. The van der Waals surface area contributed by atoms with Crippen LogP contribution in [0.3, 0.4) is 0 Å². The molecule has 0 saturated carbocycles. The number of allylic oxidation sites excluding steroid dienone is 1. The summed E-state index contributed by atoms with van der Waals surface area (Å²) >= 11 is 5.82. The van der Waals surface area contributed by atoms with E-state index in [1.165, 1.54) is 0 Å². The van der Waals surface area contributed by atoms with Crippen LogP contribution >= 0.6 is 11.6 Å². The first-order valence-electron chi connectivity index (χ1n) is 7.55. The third-order valence-electron chi connectivity index (χ3n) is 3.19. The molecule has 0 aliphatic heterocycles. The molecular weight excluding hydrogens is 310 g/mol. The topological polar surface area (TPSA) is 38.3 Å². The highest BCUT2D eigenvalue weighted by atomic mass is 35.5. The number of hydrogen-bond donors (Lipinski definition) is 1. The van der Waals surface area contributed by atoms with E-state index in [9.17, 15) is 4.79 Å². The van der Waals surface area contributed by atoms with Crippen molar-refractivity contribution in [2.45, 2.75) is 19.8 Å². The van der Waals surface area contributed by atoms with E-state index in [4.69, 9.17) is 16.3 Å². The van der Waals surface area contributed by atoms with E-state index in [1.54, 1.807) is 24.3 Å². The Kier molecular flexibility index (Phi) is 6.24. The minimum absolute atomic E-state index is 0.00191. The van der Waals surface area contributed by atoms with Gasteiger partial charge in [0, 0.05) is 22.0 Å². The van der Waals surface area contributed by atoms with Crippen LogP contribution in [0.5, 0.6) is 5.75 Å². The zero-order valence-electron chi connectivity index (χ0n) is 13.1. The van der Waals surface area contributed by atoms with E-state index in [2.05, 4.69) is 18.8 Å². The number of carbonyl (C=O) groups excluding carboxylic acids is 1. The molecule has 0 heterocycles. The van der Waals surface area contributed by atoms with Gasteiger partial charge in [-0.2, -0.15) is 0 Å². The summed E-state index contributed by atoms with van der Waals surface area (Å²) in [6, 6.07) is 14.5. The predicted octanol–water partition coefficient (Wildman–Crippen LogP) is 5.33. The first-order chi connectivity index (χ1) is 11.1. The van der Waals surface area contributed by atoms with Crippen LogP contribution in [0, 0.1) is 0 Å². The molecule has 1 N–H and O–H groups in total. The zero-order valence-corrected chi connectivity index (χ0v) is 13.9. The maximum atomic E-state index is 12.2. The Balaban J connectivity index is 1.88. The van der Waals surface area contributed by atoms with Gasteiger partial charge in [0.2, 0.25) is 0 Å². The lowest BCUT2D eigenvalue weighted by atomic mass is 10.1. The van der Waals surface area contributed by atoms with Crippen LogP contribution < -0.4 is 10.1 Å². The van der Waals surface area contributed by atoms with Gasteiger partial charge in [0.1, 0.15) is 5.75 Å². The molecule has 0 unspecified atom stereocenters. The van der Waals surface area contributed by atoms with Crippen molar-refractivity contribution < 1.29 is 9.53 Å². The second-order valence-electron chi connectivity index (χ2n) is 5.21. The van der Waals surface area contributed by atoms with Crippen LogP contribution in [0.15, 0.2) is 60.8 Å². The largest absolute Gasteiger partial charge is 0.494 e. The molecule has 0 amide bonds. The van der Waals surface area contributed by atoms with Crippen molar-refractivity contribution in [1.82, 2.24) is 0 Å². The number of halogens is 1. The molecule has 0 atom stereocenters. The number of rotatable bonds is 8. The summed E-state index contributed by atoms with van der Waals surface area (Å²) in [7, 11) is 0. The van der Waals surface area contributed by atoms with Gasteiger partial charge in [-0.3, -0.25) is 4.79 Å². The number of anilines is 1. The van der Waals surface area contributed by atoms with Crippen LogP contribution in [0.1, 0.15) is 30.1 Å². The van der Waals surface area contributed by atoms with Gasteiger partial charge in [-0.1, -0.05) is 25.1 Å². The predicted molar refractivity (Wildman–Crippen MR) is 95.4 cm³/mol. The molecule has 2 rings (SSSR count). The smallest absolute Gasteiger partial charge is 0.168 e. The van der Waals surface area contributed by atoms with Crippen molar-refractivity contribution in [2.24, 2.45) is 0 Å². The Morgan fingerprint density at radius 2 is 1.78 bits per heavy atom. The number of carbonyl (C=O) groups is 1. The highest BCUT2D eigenvalue weighted by Crippen LogP contribution is 2.19. The van der Waals surface area contributed by atoms with Crippen molar-refractivity contribution in [1.29, 1.82) is 0 Å². The average Bonchev–Trinajstić information content (AvgIpc) is 2.54. The first kappa shape index (κ1) is 17.1. The van der Waals surface area contributed by atoms with Crippen molar-refractivity contribution in [3.63, 3.8) is 0 Å². The fourth-order valence-electron chi connectivity index (χ4n) is 2.03. The Morgan fingerprint density at radius 1 is 1.13 bits per heavy atom. The van der Waals surface area contributed by atoms with E-state index < -0.39 is 0 Å². The second-order valence-corrected chi connectivity index (χ2v) is 5.64. The summed E-state index contributed by atoms with van der Waals surface area (Å²) in [6.45, 7) is 6.69. The molecule has 4 heteroatoms. The molecule has 2 aromatic carbocycles. The summed E-state index contributed by atoms with van der Waals surface area (Å²) in [5.41, 5.74) is 2.15. The van der Waals surface area contributed by atoms with Gasteiger partial charge in [0.15, 0.2) is 5.78 Å². The lowest BCUT2D eigenvalue weighted by Gasteiger charge is -2.10. The standard InChI is InChI=1S/C19H20ClNO2/c1-3-12-23-18-10-8-17(9-11-18)21-14(2)13-19(22)15-4-6-16(20)7-5-15/h4-11,21H,2-3,12-13H2,1H3.